The highest BCUT2D eigenvalue weighted by atomic mass is 16.6. The van der Waals surface area contributed by atoms with Gasteiger partial charge in [-0.3, -0.25) is 0 Å². The molecule has 128 valence electrons. The molecule has 2 unspecified atom stereocenters. The summed E-state index contributed by atoms with van der Waals surface area (Å²) < 4.78 is 5.33. The van der Waals surface area contributed by atoms with E-state index in [4.69, 9.17) is 4.74 Å². The van der Waals surface area contributed by atoms with Gasteiger partial charge in [0.15, 0.2) is 0 Å². The molecule has 1 amide bonds. The highest BCUT2D eigenvalue weighted by Gasteiger charge is 2.28. The van der Waals surface area contributed by atoms with E-state index in [2.05, 4.69) is 48.7 Å². The van der Waals surface area contributed by atoms with Gasteiger partial charge in [-0.1, -0.05) is 24.3 Å². The molecule has 0 saturated heterocycles. The van der Waals surface area contributed by atoms with Gasteiger partial charge in [0, 0.05) is 18.1 Å². The van der Waals surface area contributed by atoms with Crippen LogP contribution in [0.5, 0.6) is 0 Å². The fraction of sp³-hybridized carbons (Fsp3) is 0.632. The molecule has 0 bridgehead atoms. The summed E-state index contributed by atoms with van der Waals surface area (Å²) >= 11 is 0. The number of aryl methyl sites for hydroxylation is 1. The molecule has 1 saturated carbocycles. The zero-order chi connectivity index (χ0) is 17.0. The van der Waals surface area contributed by atoms with E-state index in [0.717, 1.165) is 19.3 Å². The number of amides is 1. The standard InChI is InChI=1S/C19H30N2O2/c1-13-8-6-7-9-17(13)14(2)20-15-10-11-16(12-15)21-18(22)23-19(3,4)5/h6-9,14-16,20H,10-12H2,1-5H3,(H,21,22)/t14-,15?,16?/m1/s1. The predicted octanol–water partition coefficient (Wildman–Crippen LogP) is 4.09. The average molecular weight is 318 g/mol. The number of carbonyl (C=O) groups excluding carboxylic acids is 1. The van der Waals surface area contributed by atoms with Crippen molar-refractivity contribution in [3.05, 3.63) is 35.4 Å². The third kappa shape index (κ3) is 5.54. The number of hydrogen-bond donors (Lipinski definition) is 2. The van der Waals surface area contributed by atoms with Crippen molar-refractivity contribution in [1.82, 2.24) is 10.6 Å². The van der Waals surface area contributed by atoms with Crippen LogP contribution < -0.4 is 10.6 Å². The maximum Gasteiger partial charge on any atom is 0.407 e. The van der Waals surface area contributed by atoms with Crippen LogP contribution in [0, 0.1) is 6.92 Å². The second-order valence-corrected chi connectivity index (χ2v) is 7.60. The van der Waals surface area contributed by atoms with Gasteiger partial charge in [-0.2, -0.15) is 0 Å². The van der Waals surface area contributed by atoms with Gasteiger partial charge in [-0.15, -0.1) is 0 Å². The Morgan fingerprint density at radius 1 is 1.22 bits per heavy atom. The smallest absolute Gasteiger partial charge is 0.407 e. The second-order valence-electron chi connectivity index (χ2n) is 7.60. The molecule has 0 aliphatic heterocycles. The van der Waals surface area contributed by atoms with E-state index in [-0.39, 0.29) is 12.1 Å². The highest BCUT2D eigenvalue weighted by molar-refractivity contribution is 5.68. The first kappa shape index (κ1) is 17.8. The van der Waals surface area contributed by atoms with Crippen molar-refractivity contribution < 1.29 is 9.53 Å². The lowest BCUT2D eigenvalue weighted by atomic mass is 10.0. The van der Waals surface area contributed by atoms with Crippen molar-refractivity contribution in [2.45, 2.75) is 77.6 Å². The minimum absolute atomic E-state index is 0.200. The molecule has 4 nitrogen and oxygen atoms in total. The van der Waals surface area contributed by atoms with Crippen molar-refractivity contribution in [3.8, 4) is 0 Å². The Morgan fingerprint density at radius 2 is 1.87 bits per heavy atom. The van der Waals surface area contributed by atoms with Crippen molar-refractivity contribution in [2.75, 3.05) is 0 Å². The molecule has 1 aliphatic rings. The van der Waals surface area contributed by atoms with Gasteiger partial charge in [-0.05, 0) is 65.0 Å². The summed E-state index contributed by atoms with van der Waals surface area (Å²) in [6, 6.07) is 9.44. The molecule has 23 heavy (non-hydrogen) atoms. The van der Waals surface area contributed by atoms with E-state index < -0.39 is 5.60 Å². The molecule has 0 radical (unpaired) electrons. The summed E-state index contributed by atoms with van der Waals surface area (Å²) in [6.07, 6.45) is 2.72. The first-order valence-corrected chi connectivity index (χ1v) is 8.55. The molecule has 2 N–H and O–H groups in total. The summed E-state index contributed by atoms with van der Waals surface area (Å²) in [7, 11) is 0. The normalized spacial score (nSPS) is 22.7. The van der Waals surface area contributed by atoms with Gasteiger partial charge < -0.3 is 15.4 Å². The molecular weight excluding hydrogens is 288 g/mol. The van der Waals surface area contributed by atoms with E-state index in [9.17, 15) is 4.79 Å². The van der Waals surface area contributed by atoms with E-state index in [1.807, 2.05) is 20.8 Å². The molecule has 0 heterocycles. The van der Waals surface area contributed by atoms with E-state index >= 15 is 0 Å². The molecule has 1 fully saturated rings. The van der Waals surface area contributed by atoms with Crippen LogP contribution in [0.2, 0.25) is 0 Å². The second kappa shape index (κ2) is 7.35. The Hall–Kier alpha value is -1.55. The maximum absolute atomic E-state index is 11.9. The highest BCUT2D eigenvalue weighted by Crippen LogP contribution is 2.24. The third-order valence-electron chi connectivity index (χ3n) is 4.29. The number of carbonyl (C=O) groups is 1. The zero-order valence-electron chi connectivity index (χ0n) is 15.0. The van der Waals surface area contributed by atoms with Gasteiger partial charge in [0.1, 0.15) is 5.60 Å². The lowest BCUT2D eigenvalue weighted by molar-refractivity contribution is 0.0505. The van der Waals surface area contributed by atoms with Crippen LogP contribution in [0.3, 0.4) is 0 Å². The van der Waals surface area contributed by atoms with Gasteiger partial charge >= 0.3 is 6.09 Å². The number of benzene rings is 1. The SMILES string of the molecule is Cc1ccccc1[C@@H](C)NC1CCC(NC(=O)OC(C)(C)C)C1. The fourth-order valence-electron chi connectivity index (χ4n) is 3.25. The van der Waals surface area contributed by atoms with Crippen LogP contribution in [0.1, 0.15) is 64.1 Å². The average Bonchev–Trinajstić information content (AvgIpc) is 2.83. The number of nitrogens with one attached hydrogen (secondary N) is 2. The van der Waals surface area contributed by atoms with Crippen LogP contribution in [-0.2, 0) is 4.74 Å². The van der Waals surface area contributed by atoms with Crippen molar-refractivity contribution in [1.29, 1.82) is 0 Å². The topological polar surface area (TPSA) is 50.4 Å². The monoisotopic (exact) mass is 318 g/mol. The Morgan fingerprint density at radius 3 is 2.52 bits per heavy atom. The molecule has 4 heteroatoms. The summed E-state index contributed by atoms with van der Waals surface area (Å²) in [5.74, 6) is 0. The molecule has 1 aromatic carbocycles. The van der Waals surface area contributed by atoms with Crippen LogP contribution in [0.15, 0.2) is 24.3 Å². The number of hydrogen-bond acceptors (Lipinski definition) is 3. The molecule has 3 atom stereocenters. The Balaban J connectivity index is 1.81. The lowest BCUT2D eigenvalue weighted by Crippen LogP contribution is -2.39. The summed E-state index contributed by atoms with van der Waals surface area (Å²) in [6.45, 7) is 10.0. The molecular formula is C19H30N2O2. The van der Waals surface area contributed by atoms with Crippen LogP contribution in [0.25, 0.3) is 0 Å². The molecule has 0 aromatic heterocycles. The van der Waals surface area contributed by atoms with Crippen LogP contribution in [0.4, 0.5) is 4.79 Å². The van der Waals surface area contributed by atoms with Gasteiger partial charge in [0.25, 0.3) is 0 Å². The van der Waals surface area contributed by atoms with E-state index in [1.165, 1.54) is 11.1 Å². The number of ether oxygens (including phenoxy) is 1. The van der Waals surface area contributed by atoms with Crippen molar-refractivity contribution >= 4 is 6.09 Å². The van der Waals surface area contributed by atoms with Crippen LogP contribution >= 0.6 is 0 Å². The quantitative estimate of drug-likeness (QED) is 0.879. The minimum atomic E-state index is -0.445. The first-order chi connectivity index (χ1) is 10.7. The number of alkyl carbamates (subject to hydrolysis) is 1. The zero-order valence-corrected chi connectivity index (χ0v) is 15.0. The lowest BCUT2D eigenvalue weighted by Gasteiger charge is -2.23. The minimum Gasteiger partial charge on any atom is -0.444 e. The van der Waals surface area contributed by atoms with Crippen molar-refractivity contribution in [3.63, 3.8) is 0 Å². The maximum atomic E-state index is 11.9. The third-order valence-corrected chi connectivity index (χ3v) is 4.29. The molecule has 1 aromatic rings. The van der Waals surface area contributed by atoms with Gasteiger partial charge in [0.05, 0.1) is 0 Å². The number of rotatable bonds is 4. The summed E-state index contributed by atoms with van der Waals surface area (Å²) in [5, 5.41) is 6.68. The molecule has 0 spiro atoms. The summed E-state index contributed by atoms with van der Waals surface area (Å²) in [5.41, 5.74) is 2.21. The fourth-order valence-corrected chi connectivity index (χ4v) is 3.25. The van der Waals surface area contributed by atoms with Gasteiger partial charge in [0.2, 0.25) is 0 Å². The Labute approximate surface area is 140 Å². The Kier molecular flexibility index (Phi) is 5.69. The summed E-state index contributed by atoms with van der Waals surface area (Å²) in [4.78, 5) is 11.9. The van der Waals surface area contributed by atoms with Crippen LogP contribution in [-0.4, -0.2) is 23.8 Å². The van der Waals surface area contributed by atoms with E-state index in [1.54, 1.807) is 0 Å². The molecule has 2 rings (SSSR count). The largest absolute Gasteiger partial charge is 0.444 e. The molecule has 1 aliphatic carbocycles. The van der Waals surface area contributed by atoms with Gasteiger partial charge in [-0.25, -0.2) is 4.79 Å². The predicted molar refractivity (Wildman–Crippen MR) is 93.5 cm³/mol. The van der Waals surface area contributed by atoms with Crippen molar-refractivity contribution in [2.24, 2.45) is 0 Å². The van der Waals surface area contributed by atoms with E-state index in [0.29, 0.717) is 12.1 Å². The first-order valence-electron chi connectivity index (χ1n) is 8.55. The Bertz CT molecular complexity index is 536.